The molecule has 0 unspecified atom stereocenters. The molecule has 86 valence electrons. The van der Waals surface area contributed by atoms with E-state index < -0.39 is 0 Å². The molecule has 4 rings (SSSR count). The van der Waals surface area contributed by atoms with Crippen molar-refractivity contribution < 1.29 is 4.57 Å². The summed E-state index contributed by atoms with van der Waals surface area (Å²) in [6.07, 6.45) is 4.20. The minimum Gasteiger partial charge on any atom is -0.361 e. The van der Waals surface area contributed by atoms with E-state index in [0.717, 1.165) is 0 Å². The monoisotopic (exact) mass is 233 g/mol. The highest BCUT2D eigenvalue weighted by Crippen LogP contribution is 2.29. The fourth-order valence-electron chi connectivity index (χ4n) is 2.81. The summed E-state index contributed by atoms with van der Waals surface area (Å²) in [7, 11) is 2.10. The number of nitrogens with zero attached hydrogens (tertiary/aromatic N) is 1. The minimum absolute atomic E-state index is 1.19. The van der Waals surface area contributed by atoms with E-state index in [1.807, 2.05) is 6.20 Å². The maximum atomic E-state index is 3.29. The number of nitrogens with one attached hydrogen (secondary N) is 1. The van der Waals surface area contributed by atoms with Crippen LogP contribution in [0, 0.1) is 0 Å². The Bertz CT molecular complexity index is 887. The number of fused-ring (bicyclic) bond motifs is 5. The SMILES string of the molecule is C[n+]1cc2ccccc2c2c3cc[nH]c3ccc21. The molecular weight excluding hydrogens is 220 g/mol. The third-order valence-electron chi connectivity index (χ3n) is 3.66. The van der Waals surface area contributed by atoms with Crippen molar-refractivity contribution in [1.29, 1.82) is 0 Å². The topological polar surface area (TPSA) is 19.7 Å². The molecule has 0 radical (unpaired) electrons. The molecule has 2 aromatic heterocycles. The molecule has 0 fully saturated rings. The summed E-state index contributed by atoms with van der Waals surface area (Å²) in [5.74, 6) is 0. The summed E-state index contributed by atoms with van der Waals surface area (Å²) in [4.78, 5) is 3.29. The zero-order chi connectivity index (χ0) is 12.1. The van der Waals surface area contributed by atoms with Gasteiger partial charge in [0.1, 0.15) is 7.05 Å². The van der Waals surface area contributed by atoms with Gasteiger partial charge in [-0.2, -0.15) is 0 Å². The zero-order valence-electron chi connectivity index (χ0n) is 10.1. The molecule has 0 aliphatic rings. The van der Waals surface area contributed by atoms with Crippen molar-refractivity contribution in [3.8, 4) is 0 Å². The lowest BCUT2D eigenvalue weighted by molar-refractivity contribution is -0.643. The highest BCUT2D eigenvalue weighted by Gasteiger charge is 2.13. The van der Waals surface area contributed by atoms with E-state index in [9.17, 15) is 0 Å². The van der Waals surface area contributed by atoms with Crippen molar-refractivity contribution in [2.24, 2.45) is 7.05 Å². The van der Waals surface area contributed by atoms with E-state index in [2.05, 4.69) is 65.3 Å². The number of aromatic amines is 1. The van der Waals surface area contributed by atoms with Crippen molar-refractivity contribution in [3.63, 3.8) is 0 Å². The lowest BCUT2D eigenvalue weighted by Crippen LogP contribution is -2.28. The van der Waals surface area contributed by atoms with Gasteiger partial charge in [0.05, 0.1) is 5.39 Å². The van der Waals surface area contributed by atoms with Crippen LogP contribution in [0.4, 0.5) is 0 Å². The largest absolute Gasteiger partial charge is 0.361 e. The summed E-state index contributed by atoms with van der Waals surface area (Å²) in [5.41, 5.74) is 2.46. The maximum absolute atomic E-state index is 3.29. The molecule has 0 saturated heterocycles. The first-order valence-electron chi connectivity index (χ1n) is 6.12. The maximum Gasteiger partial charge on any atom is 0.213 e. The van der Waals surface area contributed by atoms with Crippen LogP contribution >= 0.6 is 0 Å². The van der Waals surface area contributed by atoms with E-state index in [1.54, 1.807) is 0 Å². The average molecular weight is 233 g/mol. The third kappa shape index (κ3) is 1.15. The van der Waals surface area contributed by atoms with Gasteiger partial charge in [-0.1, -0.05) is 18.2 Å². The minimum atomic E-state index is 1.19. The fraction of sp³-hybridized carbons (Fsp3) is 0.0625. The first-order valence-corrected chi connectivity index (χ1v) is 6.12. The number of aryl methyl sites for hydroxylation is 1. The van der Waals surface area contributed by atoms with E-state index in [0.29, 0.717) is 0 Å². The van der Waals surface area contributed by atoms with Gasteiger partial charge in [0.2, 0.25) is 5.52 Å². The molecule has 1 N–H and O–H groups in total. The summed E-state index contributed by atoms with van der Waals surface area (Å²) in [6, 6.07) is 15.0. The molecule has 0 amide bonds. The Kier molecular flexibility index (Phi) is 1.78. The number of H-pyrrole nitrogens is 1. The number of aromatic nitrogens is 2. The molecule has 18 heavy (non-hydrogen) atoms. The second-order valence-electron chi connectivity index (χ2n) is 4.73. The summed E-state index contributed by atoms with van der Waals surface area (Å²) < 4.78 is 2.20. The average Bonchev–Trinajstić information content (AvgIpc) is 2.86. The second kappa shape index (κ2) is 3.33. The zero-order valence-corrected chi connectivity index (χ0v) is 10.1. The van der Waals surface area contributed by atoms with Gasteiger partial charge in [-0.15, -0.1) is 0 Å². The van der Waals surface area contributed by atoms with Crippen LogP contribution in [0.3, 0.4) is 0 Å². The lowest BCUT2D eigenvalue weighted by Gasteiger charge is -2.03. The van der Waals surface area contributed by atoms with Gasteiger partial charge in [0.25, 0.3) is 0 Å². The number of hydrogen-bond donors (Lipinski definition) is 1. The van der Waals surface area contributed by atoms with Crippen LogP contribution < -0.4 is 4.57 Å². The molecule has 0 aliphatic heterocycles. The van der Waals surface area contributed by atoms with Gasteiger partial charge in [0.15, 0.2) is 6.20 Å². The fourth-order valence-corrected chi connectivity index (χ4v) is 2.81. The summed E-state index contributed by atoms with van der Waals surface area (Å²) in [5, 5.41) is 5.21. The Hall–Kier alpha value is -2.35. The van der Waals surface area contributed by atoms with Gasteiger partial charge in [-0.3, -0.25) is 0 Å². The molecule has 4 aromatic rings. The summed E-state index contributed by atoms with van der Waals surface area (Å²) in [6.45, 7) is 0. The van der Waals surface area contributed by atoms with Crippen LogP contribution in [0.15, 0.2) is 54.9 Å². The highest BCUT2D eigenvalue weighted by molar-refractivity contribution is 6.17. The quantitative estimate of drug-likeness (QED) is 0.355. The van der Waals surface area contributed by atoms with E-state index in [1.165, 1.54) is 32.6 Å². The molecule has 2 heterocycles. The van der Waals surface area contributed by atoms with Crippen LogP contribution in [-0.2, 0) is 7.05 Å². The predicted octanol–water partition coefficient (Wildman–Crippen LogP) is 3.30. The van der Waals surface area contributed by atoms with Gasteiger partial charge in [-0.05, 0) is 18.2 Å². The first kappa shape index (κ1) is 9.66. The Labute approximate surface area is 104 Å². The van der Waals surface area contributed by atoms with Crippen molar-refractivity contribution in [1.82, 2.24) is 4.98 Å². The van der Waals surface area contributed by atoms with Gasteiger partial charge >= 0.3 is 0 Å². The standard InChI is InChI=1S/C16H12N2/c1-18-10-11-4-2-3-5-12(11)16-13-8-9-17-14(13)6-7-15(16)18/h2-10H,1H3/p+1. The lowest BCUT2D eigenvalue weighted by atomic mass is 10.0. The molecule has 2 heteroatoms. The van der Waals surface area contributed by atoms with Gasteiger partial charge < -0.3 is 4.98 Å². The first-order chi connectivity index (χ1) is 8.84. The van der Waals surface area contributed by atoms with Crippen LogP contribution in [-0.4, -0.2) is 4.98 Å². The molecule has 0 bridgehead atoms. The van der Waals surface area contributed by atoms with Crippen LogP contribution in [0.5, 0.6) is 0 Å². The molecule has 2 nitrogen and oxygen atoms in total. The van der Waals surface area contributed by atoms with Crippen LogP contribution in [0.1, 0.15) is 0 Å². The molecular formula is C16H13N2+. The van der Waals surface area contributed by atoms with E-state index in [-0.39, 0.29) is 0 Å². The number of pyridine rings is 1. The van der Waals surface area contributed by atoms with Crippen molar-refractivity contribution in [2.75, 3.05) is 0 Å². The summed E-state index contributed by atoms with van der Waals surface area (Å²) >= 11 is 0. The third-order valence-corrected chi connectivity index (χ3v) is 3.66. The molecule has 0 aliphatic carbocycles. The molecule has 0 saturated carbocycles. The predicted molar refractivity (Wildman–Crippen MR) is 74.5 cm³/mol. The van der Waals surface area contributed by atoms with Crippen LogP contribution in [0.2, 0.25) is 0 Å². The second-order valence-corrected chi connectivity index (χ2v) is 4.73. The van der Waals surface area contributed by atoms with E-state index >= 15 is 0 Å². The normalized spacial score (nSPS) is 11.6. The number of benzene rings is 2. The molecule has 0 atom stereocenters. The van der Waals surface area contributed by atoms with Crippen molar-refractivity contribution in [3.05, 3.63) is 54.9 Å². The Morgan fingerprint density at radius 3 is 2.78 bits per heavy atom. The Morgan fingerprint density at radius 1 is 0.944 bits per heavy atom. The van der Waals surface area contributed by atoms with E-state index in [4.69, 9.17) is 0 Å². The van der Waals surface area contributed by atoms with Gasteiger partial charge in [0, 0.05) is 33.9 Å². The number of rotatable bonds is 0. The van der Waals surface area contributed by atoms with Gasteiger partial charge in [-0.25, -0.2) is 4.57 Å². The van der Waals surface area contributed by atoms with Crippen molar-refractivity contribution in [2.45, 2.75) is 0 Å². The molecule has 0 spiro atoms. The highest BCUT2D eigenvalue weighted by atomic mass is 14.9. The number of hydrogen-bond acceptors (Lipinski definition) is 0. The van der Waals surface area contributed by atoms with Crippen LogP contribution in [0.25, 0.3) is 32.6 Å². The smallest absolute Gasteiger partial charge is 0.213 e. The Morgan fingerprint density at radius 2 is 1.83 bits per heavy atom. The molecule has 2 aromatic carbocycles. The Balaban J connectivity index is 2.43. The van der Waals surface area contributed by atoms with Crippen molar-refractivity contribution >= 4 is 32.6 Å².